The molecule has 1 amide bonds. The highest BCUT2D eigenvalue weighted by Crippen LogP contribution is 2.33. The molecule has 2 heterocycles. The molecule has 1 aromatic heterocycles. The molecule has 26 heavy (non-hydrogen) atoms. The maximum Gasteiger partial charge on any atom is 0.239 e. The van der Waals surface area contributed by atoms with Gasteiger partial charge in [0.1, 0.15) is 5.82 Å². The number of amides is 1. The highest BCUT2D eigenvalue weighted by Gasteiger charge is 2.30. The Balaban J connectivity index is 1.31. The Morgan fingerprint density at radius 3 is 2.58 bits per heavy atom. The van der Waals surface area contributed by atoms with Gasteiger partial charge in [-0.3, -0.25) is 4.79 Å². The number of likely N-dealkylation sites (tertiary alicyclic amines) is 1. The summed E-state index contributed by atoms with van der Waals surface area (Å²) in [5.74, 6) is 2.59. The van der Waals surface area contributed by atoms with Gasteiger partial charge in [0.2, 0.25) is 5.91 Å². The molecule has 0 spiro atoms. The van der Waals surface area contributed by atoms with Gasteiger partial charge in [-0.15, -0.1) is 0 Å². The normalized spacial score (nSPS) is 19.5. The number of hydrogen-bond acceptors (Lipinski definition) is 3. The van der Waals surface area contributed by atoms with E-state index in [-0.39, 0.29) is 5.91 Å². The third kappa shape index (κ3) is 3.98. The lowest BCUT2D eigenvalue weighted by Gasteiger charge is -2.33. The predicted octanol–water partition coefficient (Wildman–Crippen LogP) is 2.57. The Labute approximate surface area is 155 Å². The Kier molecular flexibility index (Phi) is 5.07. The number of carbonyl (C=O) groups is 1. The number of hydrogen-bond donors (Lipinski definition) is 1. The standard InChI is InChI=1S/C21H28N4O/c22-19(14-16-4-2-1-3-5-16)21(26)24-11-8-18(9-12-24)20-23-10-13-25(20)15-17-6-7-17/h1-5,10,13,17-19H,6-9,11-12,14-15,22H2/t19-/m1/s1. The van der Waals surface area contributed by atoms with Crippen molar-refractivity contribution in [2.75, 3.05) is 13.1 Å². The number of rotatable bonds is 6. The largest absolute Gasteiger partial charge is 0.341 e. The van der Waals surface area contributed by atoms with Gasteiger partial charge in [0.25, 0.3) is 0 Å². The van der Waals surface area contributed by atoms with Crippen molar-refractivity contribution in [3.8, 4) is 0 Å². The molecule has 0 bridgehead atoms. The zero-order valence-corrected chi connectivity index (χ0v) is 15.3. The van der Waals surface area contributed by atoms with Gasteiger partial charge in [-0.2, -0.15) is 0 Å². The van der Waals surface area contributed by atoms with E-state index < -0.39 is 6.04 Å². The van der Waals surface area contributed by atoms with Crippen LogP contribution >= 0.6 is 0 Å². The molecule has 0 radical (unpaired) electrons. The van der Waals surface area contributed by atoms with Crippen molar-refractivity contribution in [2.45, 2.75) is 50.6 Å². The van der Waals surface area contributed by atoms with Crippen molar-refractivity contribution in [1.29, 1.82) is 0 Å². The average Bonchev–Trinajstić information content (AvgIpc) is 3.37. The highest BCUT2D eigenvalue weighted by atomic mass is 16.2. The molecule has 2 fully saturated rings. The van der Waals surface area contributed by atoms with Gasteiger partial charge < -0.3 is 15.2 Å². The van der Waals surface area contributed by atoms with E-state index in [1.54, 1.807) is 0 Å². The van der Waals surface area contributed by atoms with E-state index in [0.717, 1.165) is 44.0 Å². The van der Waals surface area contributed by atoms with Crippen LogP contribution in [0.2, 0.25) is 0 Å². The first-order valence-electron chi connectivity index (χ1n) is 9.80. The van der Waals surface area contributed by atoms with Gasteiger partial charge in [-0.25, -0.2) is 4.98 Å². The van der Waals surface area contributed by atoms with Gasteiger partial charge in [-0.05, 0) is 43.6 Å². The average molecular weight is 352 g/mol. The van der Waals surface area contributed by atoms with E-state index in [0.29, 0.717) is 12.3 Å². The van der Waals surface area contributed by atoms with Crippen molar-refractivity contribution in [3.63, 3.8) is 0 Å². The Hall–Kier alpha value is -2.14. The van der Waals surface area contributed by atoms with Crippen LogP contribution in [-0.4, -0.2) is 39.5 Å². The first-order valence-corrected chi connectivity index (χ1v) is 9.80. The topological polar surface area (TPSA) is 64.2 Å². The molecule has 2 aromatic rings. The van der Waals surface area contributed by atoms with Crippen LogP contribution in [-0.2, 0) is 17.8 Å². The fourth-order valence-electron chi connectivity index (χ4n) is 3.96. The molecular formula is C21H28N4O. The smallest absolute Gasteiger partial charge is 0.239 e. The summed E-state index contributed by atoms with van der Waals surface area (Å²) in [7, 11) is 0. The van der Waals surface area contributed by atoms with E-state index in [2.05, 4.69) is 15.7 Å². The van der Waals surface area contributed by atoms with Crippen LogP contribution in [0.25, 0.3) is 0 Å². The third-order valence-corrected chi connectivity index (χ3v) is 5.69. The minimum Gasteiger partial charge on any atom is -0.341 e. The van der Waals surface area contributed by atoms with Crippen molar-refractivity contribution in [2.24, 2.45) is 11.7 Å². The zero-order chi connectivity index (χ0) is 17.9. The Morgan fingerprint density at radius 1 is 1.15 bits per heavy atom. The first kappa shape index (κ1) is 17.3. The number of carbonyl (C=O) groups excluding carboxylic acids is 1. The van der Waals surface area contributed by atoms with Crippen LogP contribution in [0.15, 0.2) is 42.7 Å². The number of piperidine rings is 1. The van der Waals surface area contributed by atoms with Crippen LogP contribution in [0.4, 0.5) is 0 Å². The second-order valence-corrected chi connectivity index (χ2v) is 7.78. The number of aromatic nitrogens is 2. The van der Waals surface area contributed by atoms with E-state index >= 15 is 0 Å². The lowest BCUT2D eigenvalue weighted by atomic mass is 9.95. The highest BCUT2D eigenvalue weighted by molar-refractivity contribution is 5.82. The van der Waals surface area contributed by atoms with Crippen LogP contribution in [0.5, 0.6) is 0 Å². The van der Waals surface area contributed by atoms with Crippen molar-refractivity contribution in [1.82, 2.24) is 14.5 Å². The summed E-state index contributed by atoms with van der Waals surface area (Å²) in [6.45, 7) is 2.67. The molecule has 4 rings (SSSR count). The minimum atomic E-state index is -0.453. The summed E-state index contributed by atoms with van der Waals surface area (Å²) in [5.41, 5.74) is 7.30. The van der Waals surface area contributed by atoms with E-state index in [4.69, 9.17) is 5.73 Å². The van der Waals surface area contributed by atoms with E-state index in [1.165, 1.54) is 18.7 Å². The molecule has 5 heteroatoms. The molecule has 2 N–H and O–H groups in total. The molecule has 1 atom stereocenters. The molecule has 138 valence electrons. The van der Waals surface area contributed by atoms with E-state index in [9.17, 15) is 4.79 Å². The first-order chi connectivity index (χ1) is 12.7. The van der Waals surface area contributed by atoms with Gasteiger partial charge in [0, 0.05) is 37.9 Å². The lowest BCUT2D eigenvalue weighted by Crippen LogP contribution is -2.48. The molecular weight excluding hydrogens is 324 g/mol. The number of nitrogens with two attached hydrogens (primary N) is 1. The summed E-state index contributed by atoms with van der Waals surface area (Å²) < 4.78 is 2.33. The number of nitrogens with zero attached hydrogens (tertiary/aromatic N) is 3. The molecule has 1 saturated heterocycles. The summed E-state index contributed by atoms with van der Waals surface area (Å²) >= 11 is 0. The van der Waals surface area contributed by atoms with Crippen molar-refractivity contribution >= 4 is 5.91 Å². The number of benzene rings is 1. The Morgan fingerprint density at radius 2 is 1.88 bits per heavy atom. The summed E-state index contributed by atoms with van der Waals surface area (Å²) in [4.78, 5) is 19.3. The van der Waals surface area contributed by atoms with Crippen molar-refractivity contribution < 1.29 is 4.79 Å². The van der Waals surface area contributed by atoms with Crippen molar-refractivity contribution in [3.05, 3.63) is 54.1 Å². The zero-order valence-electron chi connectivity index (χ0n) is 15.3. The van der Waals surface area contributed by atoms with Gasteiger partial charge in [-0.1, -0.05) is 30.3 Å². The van der Waals surface area contributed by atoms with Gasteiger partial charge in [0.15, 0.2) is 0 Å². The molecule has 1 aliphatic heterocycles. The quantitative estimate of drug-likeness (QED) is 0.869. The fraction of sp³-hybridized carbons (Fsp3) is 0.524. The van der Waals surface area contributed by atoms with Crippen LogP contribution in [0.3, 0.4) is 0 Å². The van der Waals surface area contributed by atoms with Gasteiger partial charge >= 0.3 is 0 Å². The second kappa shape index (κ2) is 7.62. The maximum atomic E-state index is 12.7. The molecule has 1 saturated carbocycles. The molecule has 2 aliphatic rings. The molecule has 5 nitrogen and oxygen atoms in total. The maximum absolute atomic E-state index is 12.7. The second-order valence-electron chi connectivity index (χ2n) is 7.78. The van der Waals surface area contributed by atoms with Crippen LogP contribution in [0, 0.1) is 5.92 Å². The SMILES string of the molecule is N[C@H](Cc1ccccc1)C(=O)N1CCC(c2nccn2CC2CC2)CC1. The molecule has 1 aromatic carbocycles. The minimum absolute atomic E-state index is 0.0774. The summed E-state index contributed by atoms with van der Waals surface area (Å²) in [6, 6.07) is 9.56. The molecule has 0 unspecified atom stereocenters. The fourth-order valence-corrected chi connectivity index (χ4v) is 3.96. The van der Waals surface area contributed by atoms with Crippen LogP contribution < -0.4 is 5.73 Å². The monoisotopic (exact) mass is 352 g/mol. The number of imidazole rings is 1. The Bertz CT molecular complexity index is 729. The lowest BCUT2D eigenvalue weighted by molar-refractivity contribution is -0.133. The predicted molar refractivity (Wildman–Crippen MR) is 102 cm³/mol. The van der Waals surface area contributed by atoms with Crippen LogP contribution in [0.1, 0.15) is 43.0 Å². The van der Waals surface area contributed by atoms with Gasteiger partial charge in [0.05, 0.1) is 6.04 Å². The third-order valence-electron chi connectivity index (χ3n) is 5.69. The summed E-state index contributed by atoms with van der Waals surface area (Å²) in [6.07, 6.45) is 9.29. The summed E-state index contributed by atoms with van der Waals surface area (Å²) in [5, 5.41) is 0. The molecule has 1 aliphatic carbocycles. The van der Waals surface area contributed by atoms with E-state index in [1.807, 2.05) is 41.4 Å².